The summed E-state index contributed by atoms with van der Waals surface area (Å²) in [6.07, 6.45) is 1.04. The number of hydrogen-bond acceptors (Lipinski definition) is 3. The van der Waals surface area contributed by atoms with Gasteiger partial charge >= 0.3 is 0 Å². The molecule has 7 heteroatoms. The Labute approximate surface area is 174 Å². The summed E-state index contributed by atoms with van der Waals surface area (Å²) in [5.74, 6) is 1.44. The minimum atomic E-state index is -0.235. The number of nitrogens with one attached hydrogen (secondary N) is 3. The summed E-state index contributed by atoms with van der Waals surface area (Å²) in [7, 11) is 1.69. The molecule has 0 saturated carbocycles. The van der Waals surface area contributed by atoms with Crippen LogP contribution in [0.2, 0.25) is 0 Å². The quantitative estimate of drug-likeness (QED) is 0.322. The molecule has 0 aliphatic heterocycles. The first-order valence-electron chi connectivity index (χ1n) is 8.71. The van der Waals surface area contributed by atoms with Gasteiger partial charge in [-0.2, -0.15) is 0 Å². The van der Waals surface area contributed by atoms with E-state index in [1.807, 2.05) is 46.8 Å². The molecule has 148 valence electrons. The molecule has 0 aliphatic rings. The zero-order chi connectivity index (χ0) is 18.9. The second-order valence-corrected chi connectivity index (χ2v) is 7.21. The molecule has 0 saturated heterocycles. The van der Waals surface area contributed by atoms with Gasteiger partial charge < -0.3 is 20.7 Å². The monoisotopic (exact) mass is 476 g/mol. The molecule has 0 heterocycles. The average Bonchev–Trinajstić information content (AvgIpc) is 2.50. The Bertz CT molecular complexity index is 566. The fraction of sp³-hybridized carbons (Fsp3) is 0.579. The van der Waals surface area contributed by atoms with E-state index in [0.717, 1.165) is 18.7 Å². The highest BCUT2D eigenvalue weighted by atomic mass is 127. The fourth-order valence-corrected chi connectivity index (χ4v) is 2.18. The first-order valence-corrected chi connectivity index (χ1v) is 8.71. The Balaban J connectivity index is 0.00000625. The Hall–Kier alpha value is -1.51. The molecular weight excluding hydrogens is 443 g/mol. The van der Waals surface area contributed by atoms with Gasteiger partial charge in [0.2, 0.25) is 5.91 Å². The highest BCUT2D eigenvalue weighted by molar-refractivity contribution is 14.0. The molecule has 0 atom stereocenters. The second kappa shape index (κ2) is 12.0. The van der Waals surface area contributed by atoms with Crippen LogP contribution in [0.15, 0.2) is 29.3 Å². The third kappa shape index (κ3) is 11.2. The van der Waals surface area contributed by atoms with Crippen LogP contribution in [-0.2, 0) is 11.2 Å². The SMILES string of the molecule is CN=C(NCCc1ccc(OC(C)C)cc1)NCC(=O)NC(C)(C)C.I. The molecule has 1 aromatic rings. The standard InChI is InChI=1S/C19H32N4O2.HI/c1-14(2)25-16-9-7-15(8-10-16)11-12-21-18(20-6)22-13-17(24)23-19(3,4)5;/h7-10,14H,11-13H2,1-6H3,(H,23,24)(H2,20,21,22);1H. The predicted molar refractivity (Wildman–Crippen MR) is 119 cm³/mol. The van der Waals surface area contributed by atoms with Crippen molar-refractivity contribution in [1.29, 1.82) is 0 Å². The van der Waals surface area contributed by atoms with E-state index in [4.69, 9.17) is 4.74 Å². The van der Waals surface area contributed by atoms with E-state index in [1.165, 1.54) is 5.56 Å². The zero-order valence-electron chi connectivity index (χ0n) is 16.7. The third-order valence-corrected chi connectivity index (χ3v) is 3.16. The number of amides is 1. The van der Waals surface area contributed by atoms with E-state index in [2.05, 4.69) is 33.1 Å². The predicted octanol–water partition coefficient (Wildman–Crippen LogP) is 2.71. The maximum atomic E-state index is 11.8. The molecular formula is C19H33IN4O2. The van der Waals surface area contributed by atoms with Gasteiger partial charge in [0.1, 0.15) is 5.75 Å². The molecule has 0 radical (unpaired) electrons. The smallest absolute Gasteiger partial charge is 0.239 e. The van der Waals surface area contributed by atoms with Crippen LogP contribution in [0.25, 0.3) is 0 Å². The van der Waals surface area contributed by atoms with Crippen molar-refractivity contribution < 1.29 is 9.53 Å². The van der Waals surface area contributed by atoms with Crippen LogP contribution in [0.5, 0.6) is 5.75 Å². The Kier molecular flexibility index (Phi) is 11.3. The molecule has 0 aromatic heterocycles. The summed E-state index contributed by atoms with van der Waals surface area (Å²) < 4.78 is 5.64. The third-order valence-electron chi connectivity index (χ3n) is 3.16. The van der Waals surface area contributed by atoms with Crippen molar-refractivity contribution >= 4 is 35.8 Å². The van der Waals surface area contributed by atoms with Crippen LogP contribution in [-0.4, -0.2) is 43.6 Å². The summed E-state index contributed by atoms with van der Waals surface area (Å²) >= 11 is 0. The average molecular weight is 476 g/mol. The van der Waals surface area contributed by atoms with Gasteiger partial charge in [0.15, 0.2) is 5.96 Å². The minimum absolute atomic E-state index is 0. The van der Waals surface area contributed by atoms with Gasteiger partial charge in [0, 0.05) is 19.1 Å². The first-order chi connectivity index (χ1) is 11.7. The van der Waals surface area contributed by atoms with Gasteiger partial charge in [-0.1, -0.05) is 12.1 Å². The lowest BCUT2D eigenvalue weighted by Gasteiger charge is -2.21. The van der Waals surface area contributed by atoms with Crippen molar-refractivity contribution in [1.82, 2.24) is 16.0 Å². The number of ether oxygens (including phenoxy) is 1. The number of benzene rings is 1. The van der Waals surface area contributed by atoms with Gasteiger partial charge in [0.25, 0.3) is 0 Å². The van der Waals surface area contributed by atoms with Gasteiger partial charge in [-0.15, -0.1) is 24.0 Å². The van der Waals surface area contributed by atoms with Crippen molar-refractivity contribution in [2.24, 2.45) is 4.99 Å². The van der Waals surface area contributed by atoms with E-state index >= 15 is 0 Å². The highest BCUT2D eigenvalue weighted by Gasteiger charge is 2.13. The Morgan fingerprint density at radius 3 is 2.27 bits per heavy atom. The van der Waals surface area contributed by atoms with E-state index in [0.29, 0.717) is 5.96 Å². The lowest BCUT2D eigenvalue weighted by Crippen LogP contribution is -2.48. The Morgan fingerprint density at radius 1 is 1.15 bits per heavy atom. The van der Waals surface area contributed by atoms with E-state index in [-0.39, 0.29) is 48.1 Å². The van der Waals surface area contributed by atoms with Crippen LogP contribution >= 0.6 is 24.0 Å². The molecule has 0 spiro atoms. The number of nitrogens with zero attached hydrogens (tertiary/aromatic N) is 1. The molecule has 3 N–H and O–H groups in total. The number of rotatable bonds is 7. The van der Waals surface area contributed by atoms with Crippen molar-refractivity contribution in [3.05, 3.63) is 29.8 Å². The Morgan fingerprint density at radius 2 is 1.77 bits per heavy atom. The lowest BCUT2D eigenvalue weighted by molar-refractivity contribution is -0.121. The maximum Gasteiger partial charge on any atom is 0.239 e. The van der Waals surface area contributed by atoms with E-state index < -0.39 is 0 Å². The lowest BCUT2D eigenvalue weighted by atomic mass is 10.1. The number of halogens is 1. The maximum absolute atomic E-state index is 11.8. The summed E-state index contributed by atoms with van der Waals surface area (Å²) in [4.78, 5) is 15.9. The topological polar surface area (TPSA) is 74.8 Å². The summed E-state index contributed by atoms with van der Waals surface area (Å²) in [5, 5.41) is 9.13. The number of hydrogen-bond donors (Lipinski definition) is 3. The number of aliphatic imine (C=N–C) groups is 1. The van der Waals surface area contributed by atoms with Gasteiger partial charge in [-0.3, -0.25) is 9.79 Å². The van der Waals surface area contributed by atoms with Gasteiger partial charge in [0.05, 0.1) is 12.6 Å². The van der Waals surface area contributed by atoms with Crippen LogP contribution in [0.4, 0.5) is 0 Å². The summed E-state index contributed by atoms with van der Waals surface area (Å²) in [5.41, 5.74) is 0.978. The van der Waals surface area contributed by atoms with Crippen LogP contribution in [0, 0.1) is 0 Å². The molecule has 26 heavy (non-hydrogen) atoms. The molecule has 1 rings (SSSR count). The van der Waals surface area contributed by atoms with Crippen LogP contribution in [0.3, 0.4) is 0 Å². The largest absolute Gasteiger partial charge is 0.491 e. The van der Waals surface area contributed by atoms with Gasteiger partial charge in [-0.25, -0.2) is 0 Å². The molecule has 0 unspecified atom stereocenters. The number of carbonyl (C=O) groups is 1. The van der Waals surface area contributed by atoms with E-state index in [9.17, 15) is 4.79 Å². The normalized spacial score (nSPS) is 11.6. The van der Waals surface area contributed by atoms with Gasteiger partial charge in [-0.05, 0) is 58.7 Å². The van der Waals surface area contributed by atoms with Crippen molar-refractivity contribution in [3.8, 4) is 5.75 Å². The molecule has 0 aliphatic carbocycles. The van der Waals surface area contributed by atoms with Crippen LogP contribution in [0.1, 0.15) is 40.2 Å². The van der Waals surface area contributed by atoms with Crippen molar-refractivity contribution in [3.63, 3.8) is 0 Å². The number of carbonyl (C=O) groups excluding carboxylic acids is 1. The first kappa shape index (κ1) is 24.5. The highest BCUT2D eigenvalue weighted by Crippen LogP contribution is 2.13. The van der Waals surface area contributed by atoms with Crippen LogP contribution < -0.4 is 20.7 Å². The molecule has 1 amide bonds. The van der Waals surface area contributed by atoms with Crippen molar-refractivity contribution in [2.45, 2.75) is 52.7 Å². The summed E-state index contributed by atoms with van der Waals surface area (Å²) in [6, 6.07) is 8.09. The fourth-order valence-electron chi connectivity index (χ4n) is 2.18. The number of guanidine groups is 1. The van der Waals surface area contributed by atoms with Crippen molar-refractivity contribution in [2.75, 3.05) is 20.1 Å². The van der Waals surface area contributed by atoms with E-state index in [1.54, 1.807) is 7.05 Å². The summed E-state index contributed by atoms with van der Waals surface area (Å²) in [6.45, 7) is 10.8. The minimum Gasteiger partial charge on any atom is -0.491 e. The second-order valence-electron chi connectivity index (χ2n) is 7.21. The zero-order valence-corrected chi connectivity index (χ0v) is 19.0. The molecule has 0 fully saturated rings. The molecule has 6 nitrogen and oxygen atoms in total. The molecule has 1 aromatic carbocycles. The molecule has 0 bridgehead atoms.